The van der Waals surface area contributed by atoms with Gasteiger partial charge < -0.3 is 14.6 Å². The third kappa shape index (κ3) is 7.30. The van der Waals surface area contributed by atoms with Gasteiger partial charge in [0.15, 0.2) is 6.29 Å². The third-order valence-electron chi connectivity index (χ3n) is 2.37. The molecular weight excluding hydrogens is 180 g/mol. The van der Waals surface area contributed by atoms with Crippen LogP contribution in [0, 0.1) is 5.92 Å². The number of aliphatic hydroxyl groups is 1. The first-order chi connectivity index (χ1) is 6.57. The number of aliphatic hydroxyl groups excluding tert-OH is 1. The van der Waals surface area contributed by atoms with Gasteiger partial charge in [-0.3, -0.25) is 0 Å². The summed E-state index contributed by atoms with van der Waals surface area (Å²) in [5.74, 6) is 0.407. The average molecular weight is 204 g/mol. The van der Waals surface area contributed by atoms with Gasteiger partial charge in [0.05, 0.1) is 6.10 Å². The van der Waals surface area contributed by atoms with Crippen LogP contribution >= 0.6 is 0 Å². The van der Waals surface area contributed by atoms with Gasteiger partial charge in [-0.05, 0) is 32.1 Å². The highest BCUT2D eigenvalue weighted by Gasteiger charge is 2.10. The van der Waals surface area contributed by atoms with E-state index in [2.05, 4.69) is 0 Å². The largest absolute Gasteiger partial charge is 0.393 e. The van der Waals surface area contributed by atoms with Crippen molar-refractivity contribution < 1.29 is 14.6 Å². The predicted octanol–water partition coefficient (Wildman–Crippen LogP) is 2.18. The Balaban J connectivity index is 0.000000255. The second-order valence-corrected chi connectivity index (χ2v) is 4.02. The molecule has 2 atom stereocenters. The van der Waals surface area contributed by atoms with Crippen molar-refractivity contribution in [2.24, 2.45) is 5.92 Å². The number of methoxy groups -OCH3 is 1. The van der Waals surface area contributed by atoms with Crippen LogP contribution in [-0.2, 0) is 9.47 Å². The Labute approximate surface area is 87.4 Å². The quantitative estimate of drug-likeness (QED) is 0.749. The molecule has 1 saturated heterocycles. The smallest absolute Gasteiger partial charge is 0.157 e. The van der Waals surface area contributed by atoms with Gasteiger partial charge in [0, 0.05) is 13.7 Å². The molecule has 0 radical (unpaired) electrons. The molecule has 0 aromatic heterocycles. The Morgan fingerprint density at radius 1 is 1.29 bits per heavy atom. The van der Waals surface area contributed by atoms with Gasteiger partial charge in [0.1, 0.15) is 0 Å². The molecule has 1 rings (SSSR count). The summed E-state index contributed by atoms with van der Waals surface area (Å²) >= 11 is 0. The maximum absolute atomic E-state index is 8.63. The molecule has 1 heterocycles. The zero-order valence-corrected chi connectivity index (χ0v) is 9.82. The van der Waals surface area contributed by atoms with Gasteiger partial charge in [-0.25, -0.2) is 0 Å². The fourth-order valence-electron chi connectivity index (χ4n) is 0.897. The van der Waals surface area contributed by atoms with E-state index in [9.17, 15) is 0 Å². The Bertz CT molecular complexity index is 112. The Morgan fingerprint density at radius 3 is 2.07 bits per heavy atom. The van der Waals surface area contributed by atoms with E-state index in [4.69, 9.17) is 14.6 Å². The first kappa shape index (κ1) is 13.9. The molecule has 1 fully saturated rings. The maximum atomic E-state index is 8.63. The fourth-order valence-corrected chi connectivity index (χ4v) is 0.897. The summed E-state index contributed by atoms with van der Waals surface area (Å²) in [5, 5.41) is 8.63. The first-order valence-corrected chi connectivity index (χ1v) is 5.40. The van der Waals surface area contributed by atoms with Crippen molar-refractivity contribution in [3.63, 3.8) is 0 Å². The minimum atomic E-state index is -0.148. The molecule has 1 aliphatic rings. The summed E-state index contributed by atoms with van der Waals surface area (Å²) in [6, 6.07) is 0. The van der Waals surface area contributed by atoms with Crippen LogP contribution in [0.25, 0.3) is 0 Å². The van der Waals surface area contributed by atoms with E-state index in [1.165, 1.54) is 12.8 Å². The molecular formula is C11H24O3. The Kier molecular flexibility index (Phi) is 8.14. The van der Waals surface area contributed by atoms with E-state index >= 15 is 0 Å². The van der Waals surface area contributed by atoms with Crippen LogP contribution in [0.1, 0.15) is 40.0 Å². The highest BCUT2D eigenvalue weighted by atomic mass is 16.7. The van der Waals surface area contributed by atoms with Crippen LogP contribution in [0.4, 0.5) is 0 Å². The maximum Gasteiger partial charge on any atom is 0.157 e. The fraction of sp³-hybridized carbons (Fsp3) is 1.00. The molecule has 3 heteroatoms. The second kappa shape index (κ2) is 8.21. The molecule has 0 aromatic rings. The minimum absolute atomic E-state index is 0.0868. The Hall–Kier alpha value is -0.120. The summed E-state index contributed by atoms with van der Waals surface area (Å²) in [6.45, 7) is 6.65. The van der Waals surface area contributed by atoms with E-state index in [-0.39, 0.29) is 12.4 Å². The van der Waals surface area contributed by atoms with Crippen LogP contribution in [0.2, 0.25) is 0 Å². The SMILES string of the molecule is CC(C)C(C)O.COC1CCCCO1. The van der Waals surface area contributed by atoms with Crippen molar-refractivity contribution in [1.29, 1.82) is 0 Å². The van der Waals surface area contributed by atoms with Crippen LogP contribution in [0.5, 0.6) is 0 Å². The molecule has 14 heavy (non-hydrogen) atoms. The van der Waals surface area contributed by atoms with Crippen molar-refractivity contribution in [2.45, 2.75) is 52.4 Å². The van der Waals surface area contributed by atoms with Crippen molar-refractivity contribution >= 4 is 0 Å². The molecule has 0 saturated carbocycles. The normalized spacial score (nSPS) is 24.0. The van der Waals surface area contributed by atoms with Gasteiger partial charge in [0.2, 0.25) is 0 Å². The molecule has 3 nitrogen and oxygen atoms in total. The lowest BCUT2D eigenvalue weighted by molar-refractivity contribution is -0.145. The second-order valence-electron chi connectivity index (χ2n) is 4.02. The molecule has 1 N–H and O–H groups in total. The van der Waals surface area contributed by atoms with Crippen LogP contribution in [0.3, 0.4) is 0 Å². The number of hydrogen-bond donors (Lipinski definition) is 1. The van der Waals surface area contributed by atoms with Crippen LogP contribution < -0.4 is 0 Å². The summed E-state index contributed by atoms with van der Waals surface area (Å²) < 4.78 is 10.2. The van der Waals surface area contributed by atoms with E-state index < -0.39 is 0 Å². The van der Waals surface area contributed by atoms with Crippen molar-refractivity contribution in [1.82, 2.24) is 0 Å². The van der Waals surface area contributed by atoms with Gasteiger partial charge in [-0.1, -0.05) is 13.8 Å². The molecule has 2 unspecified atom stereocenters. The number of rotatable bonds is 2. The molecule has 0 bridgehead atoms. The molecule has 0 spiro atoms. The van der Waals surface area contributed by atoms with Crippen molar-refractivity contribution in [3.8, 4) is 0 Å². The van der Waals surface area contributed by atoms with E-state index in [1.54, 1.807) is 14.0 Å². The minimum Gasteiger partial charge on any atom is -0.393 e. The van der Waals surface area contributed by atoms with Crippen molar-refractivity contribution in [2.75, 3.05) is 13.7 Å². The van der Waals surface area contributed by atoms with Crippen molar-refractivity contribution in [3.05, 3.63) is 0 Å². The molecule has 1 aliphatic heterocycles. The molecule has 0 aromatic carbocycles. The summed E-state index contributed by atoms with van der Waals surface area (Å²) in [4.78, 5) is 0. The van der Waals surface area contributed by atoms with Crippen LogP contribution in [0.15, 0.2) is 0 Å². The van der Waals surface area contributed by atoms with Gasteiger partial charge in [-0.15, -0.1) is 0 Å². The zero-order valence-electron chi connectivity index (χ0n) is 9.82. The highest BCUT2D eigenvalue weighted by Crippen LogP contribution is 2.11. The third-order valence-corrected chi connectivity index (χ3v) is 2.37. The summed E-state index contributed by atoms with van der Waals surface area (Å²) in [7, 11) is 1.69. The highest BCUT2D eigenvalue weighted by molar-refractivity contribution is 4.52. The number of hydrogen-bond acceptors (Lipinski definition) is 3. The monoisotopic (exact) mass is 204 g/mol. The zero-order chi connectivity index (χ0) is 11.0. The van der Waals surface area contributed by atoms with E-state index in [0.717, 1.165) is 13.0 Å². The molecule has 0 aliphatic carbocycles. The number of ether oxygens (including phenoxy) is 2. The lowest BCUT2D eigenvalue weighted by Gasteiger charge is -2.20. The van der Waals surface area contributed by atoms with Crippen LogP contribution in [-0.4, -0.2) is 31.2 Å². The predicted molar refractivity (Wildman–Crippen MR) is 57.1 cm³/mol. The summed E-state index contributed by atoms with van der Waals surface area (Å²) in [6.07, 6.45) is 3.45. The molecule has 86 valence electrons. The van der Waals surface area contributed by atoms with E-state index in [1.807, 2.05) is 13.8 Å². The van der Waals surface area contributed by atoms with Gasteiger partial charge in [-0.2, -0.15) is 0 Å². The Morgan fingerprint density at radius 2 is 1.86 bits per heavy atom. The van der Waals surface area contributed by atoms with Gasteiger partial charge in [0.25, 0.3) is 0 Å². The topological polar surface area (TPSA) is 38.7 Å². The average Bonchev–Trinajstić information content (AvgIpc) is 2.20. The summed E-state index contributed by atoms with van der Waals surface area (Å²) in [5.41, 5.74) is 0. The van der Waals surface area contributed by atoms with E-state index in [0.29, 0.717) is 5.92 Å². The molecule has 0 amide bonds. The first-order valence-electron chi connectivity index (χ1n) is 5.40. The van der Waals surface area contributed by atoms with Gasteiger partial charge >= 0.3 is 0 Å². The lowest BCUT2D eigenvalue weighted by atomic mass is 10.1. The lowest BCUT2D eigenvalue weighted by Crippen LogP contribution is -2.20. The standard InChI is InChI=1S/C6H12O2.C5H12O/c1-7-6-4-2-3-5-8-6;1-4(2)5(3)6/h6H,2-5H2,1H3;4-6H,1-3H3.